The monoisotopic (exact) mass is 350 g/mol. The molecule has 2 nitrogen and oxygen atoms in total. The van der Waals surface area contributed by atoms with Gasteiger partial charge in [-0.05, 0) is 63.9 Å². The van der Waals surface area contributed by atoms with Gasteiger partial charge in [0, 0.05) is 5.56 Å². The molecule has 0 aliphatic heterocycles. The van der Waals surface area contributed by atoms with Crippen molar-refractivity contribution < 1.29 is 9.90 Å². The lowest BCUT2D eigenvalue weighted by Gasteiger charge is -2.08. The number of allylic oxidation sites excluding steroid dienone is 1. The fourth-order valence-corrected chi connectivity index (χ4v) is 3.15. The van der Waals surface area contributed by atoms with Crippen molar-refractivity contribution >= 4 is 22.6 Å². The molecule has 0 fully saturated rings. The zero-order chi connectivity index (χ0) is 18.6. The molecule has 27 heavy (non-hydrogen) atoms. The summed E-state index contributed by atoms with van der Waals surface area (Å²) in [6, 6.07) is 29.0. The summed E-state index contributed by atoms with van der Waals surface area (Å²) in [6.45, 7) is 0. The van der Waals surface area contributed by atoms with Crippen molar-refractivity contribution in [1.82, 2.24) is 0 Å². The first-order valence-corrected chi connectivity index (χ1v) is 8.80. The average Bonchev–Trinajstić information content (AvgIpc) is 2.72. The molecular weight excluding hydrogens is 332 g/mol. The van der Waals surface area contributed by atoms with Crippen LogP contribution in [0.15, 0.2) is 97.1 Å². The topological polar surface area (TPSA) is 37.3 Å². The van der Waals surface area contributed by atoms with Crippen LogP contribution in [0.3, 0.4) is 0 Å². The Kier molecular flexibility index (Phi) is 4.54. The Morgan fingerprint density at radius 2 is 1.44 bits per heavy atom. The van der Waals surface area contributed by atoms with Crippen molar-refractivity contribution in [3.63, 3.8) is 0 Å². The SMILES string of the molecule is O=C(/C=C/c1ccccc1-c1ccc2ccccc2c1)c1ccc(O)cc1. The summed E-state index contributed by atoms with van der Waals surface area (Å²) in [5.74, 6) is 0.0560. The molecule has 0 aliphatic rings. The third kappa shape index (κ3) is 3.65. The third-order valence-corrected chi connectivity index (χ3v) is 4.59. The minimum atomic E-state index is -0.0942. The largest absolute Gasteiger partial charge is 0.508 e. The molecule has 0 atom stereocenters. The number of phenolic OH excluding ortho intramolecular Hbond substituents is 1. The summed E-state index contributed by atoms with van der Waals surface area (Å²) in [4.78, 5) is 12.4. The zero-order valence-corrected chi connectivity index (χ0v) is 14.7. The second-order valence-corrected chi connectivity index (χ2v) is 6.39. The van der Waals surface area contributed by atoms with Crippen molar-refractivity contribution in [2.24, 2.45) is 0 Å². The summed E-state index contributed by atoms with van der Waals surface area (Å²) in [5, 5.41) is 11.7. The van der Waals surface area contributed by atoms with Gasteiger partial charge in [0.15, 0.2) is 5.78 Å². The maximum atomic E-state index is 12.4. The molecule has 0 heterocycles. The minimum absolute atomic E-state index is 0.0942. The summed E-state index contributed by atoms with van der Waals surface area (Å²) < 4.78 is 0. The molecule has 4 aromatic rings. The molecule has 0 amide bonds. The Balaban J connectivity index is 1.68. The van der Waals surface area contributed by atoms with E-state index in [0.29, 0.717) is 5.56 Å². The van der Waals surface area contributed by atoms with Crippen LogP contribution in [0.5, 0.6) is 5.75 Å². The van der Waals surface area contributed by atoms with Gasteiger partial charge < -0.3 is 5.11 Å². The molecule has 0 aliphatic carbocycles. The van der Waals surface area contributed by atoms with Crippen LogP contribution in [0, 0.1) is 0 Å². The molecule has 4 aromatic carbocycles. The van der Waals surface area contributed by atoms with E-state index < -0.39 is 0 Å². The van der Waals surface area contributed by atoms with Gasteiger partial charge in [-0.3, -0.25) is 4.79 Å². The number of rotatable bonds is 4. The number of hydrogen-bond donors (Lipinski definition) is 1. The Hall–Kier alpha value is -3.65. The van der Waals surface area contributed by atoms with Gasteiger partial charge in [-0.2, -0.15) is 0 Å². The molecule has 0 bridgehead atoms. The molecular formula is C25H18O2. The van der Waals surface area contributed by atoms with Crippen LogP contribution in [0.1, 0.15) is 15.9 Å². The summed E-state index contributed by atoms with van der Waals surface area (Å²) in [6.07, 6.45) is 3.42. The van der Waals surface area contributed by atoms with Gasteiger partial charge >= 0.3 is 0 Å². The first kappa shape index (κ1) is 16.8. The number of aromatic hydroxyl groups is 1. The highest BCUT2D eigenvalue weighted by atomic mass is 16.3. The van der Waals surface area contributed by atoms with E-state index in [1.807, 2.05) is 36.4 Å². The molecule has 0 saturated heterocycles. The Morgan fingerprint density at radius 3 is 2.26 bits per heavy atom. The number of benzene rings is 4. The molecule has 4 rings (SSSR count). The smallest absolute Gasteiger partial charge is 0.185 e. The van der Waals surface area contributed by atoms with E-state index in [-0.39, 0.29) is 11.5 Å². The molecule has 0 spiro atoms. The Morgan fingerprint density at radius 1 is 0.741 bits per heavy atom. The number of carbonyl (C=O) groups is 1. The first-order valence-electron chi connectivity index (χ1n) is 8.80. The number of fused-ring (bicyclic) bond motifs is 1. The van der Waals surface area contributed by atoms with E-state index >= 15 is 0 Å². The minimum Gasteiger partial charge on any atom is -0.508 e. The van der Waals surface area contributed by atoms with E-state index in [1.54, 1.807) is 18.2 Å². The number of hydrogen-bond acceptors (Lipinski definition) is 2. The van der Waals surface area contributed by atoms with E-state index in [9.17, 15) is 9.90 Å². The van der Waals surface area contributed by atoms with E-state index in [0.717, 1.165) is 16.7 Å². The fraction of sp³-hybridized carbons (Fsp3) is 0. The van der Waals surface area contributed by atoms with E-state index in [4.69, 9.17) is 0 Å². The standard InChI is InChI=1S/C25H18O2/c26-23-14-11-20(12-15-23)25(27)16-13-19-6-3-4-8-24(19)22-10-9-18-5-1-2-7-21(18)17-22/h1-17,26H/b16-13+. The number of phenols is 1. The summed E-state index contributed by atoms with van der Waals surface area (Å²) >= 11 is 0. The lowest BCUT2D eigenvalue weighted by molar-refractivity contribution is 0.104. The quantitative estimate of drug-likeness (QED) is 0.356. The summed E-state index contributed by atoms with van der Waals surface area (Å²) in [5.41, 5.74) is 3.73. The molecule has 130 valence electrons. The number of carbonyl (C=O) groups excluding carboxylic acids is 1. The molecule has 0 unspecified atom stereocenters. The maximum absolute atomic E-state index is 12.4. The number of ketones is 1. The van der Waals surface area contributed by atoms with Crippen molar-refractivity contribution in [1.29, 1.82) is 0 Å². The molecule has 0 radical (unpaired) electrons. The van der Waals surface area contributed by atoms with E-state index in [1.165, 1.54) is 22.9 Å². The van der Waals surface area contributed by atoms with Crippen LogP contribution in [-0.2, 0) is 0 Å². The van der Waals surface area contributed by atoms with Crippen molar-refractivity contribution in [2.75, 3.05) is 0 Å². The van der Waals surface area contributed by atoms with Gasteiger partial charge in [-0.1, -0.05) is 66.7 Å². The fourth-order valence-electron chi connectivity index (χ4n) is 3.15. The predicted molar refractivity (Wildman–Crippen MR) is 111 cm³/mol. The normalized spacial score (nSPS) is 11.1. The summed E-state index contributed by atoms with van der Waals surface area (Å²) in [7, 11) is 0. The molecule has 2 heteroatoms. The maximum Gasteiger partial charge on any atom is 0.185 e. The van der Waals surface area contributed by atoms with Gasteiger partial charge in [0.1, 0.15) is 5.75 Å². The first-order chi connectivity index (χ1) is 13.2. The van der Waals surface area contributed by atoms with Crippen molar-refractivity contribution in [2.45, 2.75) is 0 Å². The average molecular weight is 350 g/mol. The second kappa shape index (κ2) is 7.30. The van der Waals surface area contributed by atoms with Crippen LogP contribution >= 0.6 is 0 Å². The predicted octanol–water partition coefficient (Wildman–Crippen LogP) is 6.11. The zero-order valence-electron chi connectivity index (χ0n) is 14.7. The molecule has 0 saturated carbocycles. The molecule has 0 aromatic heterocycles. The Labute approximate surface area is 158 Å². The van der Waals surface area contributed by atoms with Crippen LogP contribution in [0.2, 0.25) is 0 Å². The van der Waals surface area contributed by atoms with Gasteiger partial charge in [0.05, 0.1) is 0 Å². The van der Waals surface area contributed by atoms with E-state index in [2.05, 4.69) is 36.4 Å². The highest BCUT2D eigenvalue weighted by Crippen LogP contribution is 2.28. The highest BCUT2D eigenvalue weighted by Gasteiger charge is 2.05. The van der Waals surface area contributed by atoms with Gasteiger partial charge in [0.25, 0.3) is 0 Å². The van der Waals surface area contributed by atoms with Crippen LogP contribution in [0.4, 0.5) is 0 Å². The Bertz CT molecular complexity index is 1140. The van der Waals surface area contributed by atoms with Crippen LogP contribution in [0.25, 0.3) is 28.0 Å². The lowest BCUT2D eigenvalue weighted by atomic mass is 9.96. The van der Waals surface area contributed by atoms with Crippen molar-refractivity contribution in [3.8, 4) is 16.9 Å². The molecule has 1 N–H and O–H groups in total. The van der Waals surface area contributed by atoms with Gasteiger partial charge in [-0.25, -0.2) is 0 Å². The van der Waals surface area contributed by atoms with Gasteiger partial charge in [0.2, 0.25) is 0 Å². The van der Waals surface area contributed by atoms with Gasteiger partial charge in [-0.15, -0.1) is 0 Å². The van der Waals surface area contributed by atoms with Crippen molar-refractivity contribution in [3.05, 3.63) is 108 Å². The lowest BCUT2D eigenvalue weighted by Crippen LogP contribution is -1.93. The second-order valence-electron chi connectivity index (χ2n) is 6.39. The highest BCUT2D eigenvalue weighted by molar-refractivity contribution is 6.07. The third-order valence-electron chi connectivity index (χ3n) is 4.59. The van der Waals surface area contributed by atoms with Crippen LogP contribution < -0.4 is 0 Å². The van der Waals surface area contributed by atoms with Crippen LogP contribution in [-0.4, -0.2) is 10.9 Å².